The van der Waals surface area contributed by atoms with E-state index in [1.165, 1.54) is 10.3 Å². The van der Waals surface area contributed by atoms with E-state index in [9.17, 15) is 9.90 Å². The average molecular weight is 413 g/mol. The summed E-state index contributed by atoms with van der Waals surface area (Å²) in [6.07, 6.45) is 8.42. The Hall–Kier alpha value is -3.67. The van der Waals surface area contributed by atoms with Crippen molar-refractivity contribution in [3.63, 3.8) is 0 Å². The van der Waals surface area contributed by atoms with Crippen molar-refractivity contribution in [3.8, 4) is 17.1 Å². The molecule has 3 aromatic rings. The number of aliphatic hydroxyl groups excluding tert-OH is 1. The lowest BCUT2D eigenvalue weighted by atomic mass is 9.89. The zero-order valence-electron chi connectivity index (χ0n) is 17.3. The molecule has 5 rings (SSSR count). The molecule has 0 saturated heterocycles. The van der Waals surface area contributed by atoms with Crippen LogP contribution in [0.5, 0.6) is 5.75 Å². The lowest BCUT2D eigenvalue weighted by Gasteiger charge is -2.20. The van der Waals surface area contributed by atoms with E-state index in [0.717, 1.165) is 42.6 Å². The highest BCUT2D eigenvalue weighted by Gasteiger charge is 2.33. The molecule has 1 N–H and O–H groups in total. The molecule has 6 nitrogen and oxygen atoms in total. The molecule has 156 valence electrons. The van der Waals surface area contributed by atoms with Gasteiger partial charge < -0.3 is 9.84 Å². The van der Waals surface area contributed by atoms with Gasteiger partial charge in [0.25, 0.3) is 5.91 Å². The minimum Gasteiger partial charge on any atom is -0.511 e. The molecule has 0 radical (unpaired) electrons. The molecule has 0 atom stereocenters. The van der Waals surface area contributed by atoms with Crippen LogP contribution < -0.4 is 4.74 Å². The van der Waals surface area contributed by atoms with Crippen LogP contribution in [0.2, 0.25) is 0 Å². The van der Waals surface area contributed by atoms with Gasteiger partial charge in [-0.15, -0.1) is 0 Å². The number of benzene rings is 1. The van der Waals surface area contributed by atoms with Gasteiger partial charge in [-0.3, -0.25) is 9.78 Å². The number of ether oxygens (including phenoxy) is 1. The molecule has 0 saturated carbocycles. The number of pyridine rings is 1. The first-order valence-electron chi connectivity index (χ1n) is 10.5. The van der Waals surface area contributed by atoms with Crippen LogP contribution >= 0.6 is 0 Å². The fourth-order valence-corrected chi connectivity index (χ4v) is 4.39. The van der Waals surface area contributed by atoms with E-state index < -0.39 is 0 Å². The monoisotopic (exact) mass is 413 g/mol. The normalized spacial score (nSPS) is 16.2. The summed E-state index contributed by atoms with van der Waals surface area (Å²) in [5, 5.41) is 15.6. The van der Waals surface area contributed by atoms with Gasteiger partial charge in [-0.2, -0.15) is 9.78 Å². The maximum absolute atomic E-state index is 13.5. The standard InChI is InChI=1S/C25H23N3O3/c1-31-18-12-10-17(11-13-18)23-21(29)15-20-22(16-7-3-2-4-8-16)24(27-28(20)25(23)30)19-9-5-6-14-26-19/h5-7,9-14,29H,2-4,8,15H2,1H3. The van der Waals surface area contributed by atoms with Crippen molar-refractivity contribution in [2.24, 2.45) is 0 Å². The van der Waals surface area contributed by atoms with E-state index in [2.05, 4.69) is 11.1 Å². The molecule has 6 heteroatoms. The van der Waals surface area contributed by atoms with Crippen molar-refractivity contribution in [2.45, 2.75) is 32.1 Å². The van der Waals surface area contributed by atoms with E-state index in [4.69, 9.17) is 9.84 Å². The van der Waals surface area contributed by atoms with E-state index in [0.29, 0.717) is 17.0 Å². The number of hydrogen-bond acceptors (Lipinski definition) is 5. The summed E-state index contributed by atoms with van der Waals surface area (Å²) in [5.41, 5.74) is 5.18. The molecule has 2 aliphatic rings. The van der Waals surface area contributed by atoms with Gasteiger partial charge in [0.05, 0.1) is 24.1 Å². The minimum absolute atomic E-state index is 0.0628. The zero-order chi connectivity index (χ0) is 21.4. The molecule has 0 fully saturated rings. The Morgan fingerprint density at radius 3 is 2.61 bits per heavy atom. The summed E-state index contributed by atoms with van der Waals surface area (Å²) in [6.45, 7) is 0. The molecule has 1 aromatic carbocycles. The second kappa shape index (κ2) is 7.87. The summed E-state index contributed by atoms with van der Waals surface area (Å²) in [4.78, 5) is 18.0. The Bertz CT molecular complexity index is 1200. The van der Waals surface area contributed by atoms with Crippen LogP contribution in [0, 0.1) is 0 Å². The van der Waals surface area contributed by atoms with Gasteiger partial charge >= 0.3 is 0 Å². The number of carbonyl (C=O) groups is 1. The highest BCUT2D eigenvalue weighted by Crippen LogP contribution is 2.39. The topological polar surface area (TPSA) is 77.2 Å². The van der Waals surface area contributed by atoms with Crippen LogP contribution in [0.25, 0.3) is 22.5 Å². The largest absolute Gasteiger partial charge is 0.511 e. The van der Waals surface area contributed by atoms with Gasteiger partial charge in [-0.25, -0.2) is 0 Å². The van der Waals surface area contributed by atoms with Crippen molar-refractivity contribution >= 4 is 17.1 Å². The maximum Gasteiger partial charge on any atom is 0.282 e. The molecule has 3 heterocycles. The van der Waals surface area contributed by atoms with E-state index in [1.807, 2.05) is 18.2 Å². The first kappa shape index (κ1) is 19.3. The second-order valence-corrected chi connectivity index (χ2v) is 7.80. The average Bonchev–Trinajstić information content (AvgIpc) is 3.20. The number of fused-ring (bicyclic) bond motifs is 1. The molecule has 1 aliphatic carbocycles. The Labute approximate surface area is 180 Å². The molecule has 0 unspecified atom stereocenters. The third-order valence-electron chi connectivity index (χ3n) is 5.91. The first-order chi connectivity index (χ1) is 15.2. The van der Waals surface area contributed by atoms with Gasteiger partial charge in [-0.05, 0) is 61.1 Å². The van der Waals surface area contributed by atoms with Crippen LogP contribution in [-0.2, 0) is 6.42 Å². The number of rotatable bonds is 4. The van der Waals surface area contributed by atoms with Crippen molar-refractivity contribution in [2.75, 3.05) is 7.11 Å². The molecule has 0 spiro atoms. The molecule has 1 aliphatic heterocycles. The van der Waals surface area contributed by atoms with Crippen LogP contribution in [0.3, 0.4) is 0 Å². The highest BCUT2D eigenvalue weighted by atomic mass is 16.5. The molecule has 0 bridgehead atoms. The SMILES string of the molecule is COc1ccc(C2=C(O)Cc3c(C4=CCCCC4)c(-c4ccccn4)nn3C2=O)cc1. The predicted octanol–water partition coefficient (Wildman–Crippen LogP) is 5.08. The van der Waals surface area contributed by atoms with Crippen LogP contribution in [0.4, 0.5) is 0 Å². The predicted molar refractivity (Wildman–Crippen MR) is 119 cm³/mol. The smallest absolute Gasteiger partial charge is 0.282 e. The zero-order valence-corrected chi connectivity index (χ0v) is 17.3. The number of nitrogens with zero attached hydrogens (tertiary/aromatic N) is 3. The summed E-state index contributed by atoms with van der Waals surface area (Å²) in [5.74, 6) is 0.424. The Kier molecular flexibility index (Phi) is 4.90. The Balaban J connectivity index is 1.65. The van der Waals surface area contributed by atoms with Gasteiger partial charge in [0.2, 0.25) is 0 Å². The fourth-order valence-electron chi connectivity index (χ4n) is 4.39. The number of aromatic nitrogens is 3. The highest BCUT2D eigenvalue weighted by molar-refractivity contribution is 6.22. The van der Waals surface area contributed by atoms with Gasteiger partial charge in [0, 0.05) is 18.2 Å². The Morgan fingerprint density at radius 2 is 1.94 bits per heavy atom. The molecule has 0 amide bonds. The number of aliphatic hydroxyl groups is 1. The van der Waals surface area contributed by atoms with Crippen LogP contribution in [-0.4, -0.2) is 32.9 Å². The summed E-state index contributed by atoms with van der Waals surface area (Å²) < 4.78 is 6.66. The van der Waals surface area contributed by atoms with Gasteiger partial charge in [-0.1, -0.05) is 24.3 Å². The fraction of sp³-hybridized carbons (Fsp3) is 0.240. The molecular formula is C25H23N3O3. The summed E-state index contributed by atoms with van der Waals surface area (Å²) >= 11 is 0. The van der Waals surface area contributed by atoms with Crippen LogP contribution in [0.15, 0.2) is 60.5 Å². The van der Waals surface area contributed by atoms with Crippen molar-refractivity contribution in [3.05, 3.63) is 77.3 Å². The summed E-state index contributed by atoms with van der Waals surface area (Å²) in [6, 6.07) is 12.8. The number of allylic oxidation sites excluding steroid dienone is 4. The number of carbonyl (C=O) groups excluding carboxylic acids is 1. The second-order valence-electron chi connectivity index (χ2n) is 7.80. The third-order valence-corrected chi connectivity index (χ3v) is 5.91. The van der Waals surface area contributed by atoms with Gasteiger partial charge in [0.1, 0.15) is 17.2 Å². The molecular weight excluding hydrogens is 390 g/mol. The quantitative estimate of drug-likeness (QED) is 0.646. The molecule has 2 aromatic heterocycles. The Morgan fingerprint density at radius 1 is 1.10 bits per heavy atom. The van der Waals surface area contributed by atoms with E-state index in [-0.39, 0.29) is 23.7 Å². The van der Waals surface area contributed by atoms with E-state index in [1.54, 1.807) is 37.6 Å². The van der Waals surface area contributed by atoms with Gasteiger partial charge in [0.15, 0.2) is 0 Å². The lowest BCUT2D eigenvalue weighted by molar-refractivity contribution is 0.0953. The molecule has 31 heavy (non-hydrogen) atoms. The number of methoxy groups -OCH3 is 1. The van der Waals surface area contributed by atoms with Crippen LogP contribution in [0.1, 0.15) is 47.3 Å². The maximum atomic E-state index is 13.5. The van der Waals surface area contributed by atoms with Crippen molar-refractivity contribution in [1.29, 1.82) is 0 Å². The number of hydrogen-bond donors (Lipinski definition) is 1. The van der Waals surface area contributed by atoms with Crippen molar-refractivity contribution < 1.29 is 14.6 Å². The lowest BCUT2D eigenvalue weighted by Crippen LogP contribution is -2.24. The minimum atomic E-state index is -0.330. The third kappa shape index (κ3) is 3.34. The van der Waals surface area contributed by atoms with Crippen molar-refractivity contribution in [1.82, 2.24) is 14.8 Å². The summed E-state index contributed by atoms with van der Waals surface area (Å²) in [7, 11) is 1.59. The first-order valence-corrected chi connectivity index (χ1v) is 10.5. The van der Waals surface area contributed by atoms with E-state index >= 15 is 0 Å².